The van der Waals surface area contributed by atoms with Crippen molar-refractivity contribution in [3.8, 4) is 0 Å². The molecule has 0 radical (unpaired) electrons. The first-order chi connectivity index (χ1) is 8.81. The van der Waals surface area contributed by atoms with Gasteiger partial charge in [0.05, 0.1) is 15.2 Å². The normalized spacial score (nSPS) is 33.4. The van der Waals surface area contributed by atoms with Crippen molar-refractivity contribution in [2.24, 2.45) is 0 Å². The van der Waals surface area contributed by atoms with Crippen molar-refractivity contribution in [1.29, 1.82) is 0 Å². The number of sulfonamides is 1. The minimum absolute atomic E-state index is 0.0845. The van der Waals surface area contributed by atoms with E-state index >= 15 is 0 Å². The van der Waals surface area contributed by atoms with E-state index in [0.29, 0.717) is 16.2 Å². The highest BCUT2D eigenvalue weighted by molar-refractivity contribution is 9.28. The molecule has 1 amide bonds. The number of nitrogens with zero attached hydrogens (tertiary/aromatic N) is 2. The highest BCUT2D eigenvalue weighted by atomic mass is 79.9. The maximum atomic E-state index is 12.2. The minimum atomic E-state index is -3.31. The Morgan fingerprint density at radius 2 is 2.00 bits per heavy atom. The molecule has 0 aromatic carbocycles. The van der Waals surface area contributed by atoms with Gasteiger partial charge in [-0.1, -0.05) is 0 Å². The summed E-state index contributed by atoms with van der Waals surface area (Å²) in [7, 11) is -3.31. The standard InChI is InChI=1S/C10H14Br2N2O4S/c11-9(12)4-8-5-13(10(15)16)7-2-1-3-19(17,18)14(8)6-7/h4,7-8H,1-3,5-6H2,(H,15,16). The van der Waals surface area contributed by atoms with Crippen LogP contribution in [0.25, 0.3) is 0 Å². The van der Waals surface area contributed by atoms with Crippen molar-refractivity contribution in [3.63, 3.8) is 0 Å². The number of carbonyl (C=O) groups is 1. The molecule has 2 aliphatic heterocycles. The highest BCUT2D eigenvalue weighted by Crippen LogP contribution is 2.28. The molecule has 2 bridgehead atoms. The van der Waals surface area contributed by atoms with E-state index in [1.165, 1.54) is 9.21 Å². The summed E-state index contributed by atoms with van der Waals surface area (Å²) in [6, 6.07) is -0.710. The van der Waals surface area contributed by atoms with Crippen LogP contribution in [0, 0.1) is 0 Å². The van der Waals surface area contributed by atoms with Gasteiger partial charge < -0.3 is 10.0 Å². The van der Waals surface area contributed by atoms with Crippen molar-refractivity contribution in [1.82, 2.24) is 9.21 Å². The van der Waals surface area contributed by atoms with Crippen molar-refractivity contribution in [2.75, 3.05) is 18.8 Å². The Labute approximate surface area is 128 Å². The minimum Gasteiger partial charge on any atom is -0.465 e. The zero-order valence-corrected chi connectivity index (χ0v) is 14.0. The van der Waals surface area contributed by atoms with Gasteiger partial charge in [-0.15, -0.1) is 0 Å². The summed E-state index contributed by atoms with van der Waals surface area (Å²) < 4.78 is 26.4. The zero-order valence-electron chi connectivity index (χ0n) is 10.00. The molecular weight excluding hydrogens is 404 g/mol. The average molecular weight is 418 g/mol. The fourth-order valence-corrected chi connectivity index (χ4v) is 4.90. The highest BCUT2D eigenvalue weighted by Gasteiger charge is 2.42. The molecule has 2 aliphatic rings. The van der Waals surface area contributed by atoms with Crippen molar-refractivity contribution >= 4 is 48.0 Å². The zero-order chi connectivity index (χ0) is 14.2. The van der Waals surface area contributed by atoms with E-state index in [1.807, 2.05) is 0 Å². The fourth-order valence-electron chi connectivity index (χ4n) is 2.58. The Morgan fingerprint density at radius 1 is 1.32 bits per heavy atom. The predicted molar refractivity (Wildman–Crippen MR) is 78.0 cm³/mol. The lowest BCUT2D eigenvalue weighted by Gasteiger charge is -2.41. The first kappa shape index (κ1) is 15.3. The lowest BCUT2D eigenvalue weighted by molar-refractivity contribution is 0.0787. The van der Waals surface area contributed by atoms with Crippen LogP contribution in [-0.2, 0) is 10.0 Å². The van der Waals surface area contributed by atoms with Crippen LogP contribution in [0.5, 0.6) is 0 Å². The Kier molecular flexibility index (Phi) is 4.59. The molecule has 108 valence electrons. The topological polar surface area (TPSA) is 77.9 Å². The van der Waals surface area contributed by atoms with Gasteiger partial charge in [0.2, 0.25) is 10.0 Å². The summed E-state index contributed by atoms with van der Waals surface area (Å²) in [6.45, 7) is 0.406. The molecular formula is C10H14Br2N2O4S. The third kappa shape index (κ3) is 3.32. The lowest BCUT2D eigenvalue weighted by Crippen LogP contribution is -2.59. The Morgan fingerprint density at radius 3 is 2.58 bits per heavy atom. The SMILES string of the molecule is O=C(O)N1CC(C=C(Br)Br)N2CC1CCCS2(=O)=O. The van der Waals surface area contributed by atoms with Gasteiger partial charge in [0, 0.05) is 19.1 Å². The quantitative estimate of drug-likeness (QED) is 0.705. The van der Waals surface area contributed by atoms with Gasteiger partial charge in [-0.2, -0.15) is 4.31 Å². The number of rotatable bonds is 1. The average Bonchev–Trinajstić information content (AvgIpc) is 2.40. The number of amides is 1. The molecule has 0 aromatic heterocycles. The van der Waals surface area contributed by atoms with Gasteiger partial charge in [-0.05, 0) is 50.8 Å². The number of hydrogen-bond donors (Lipinski definition) is 1. The second-order valence-corrected chi connectivity index (χ2v) is 9.45. The Bertz CT molecular complexity index is 504. The summed E-state index contributed by atoms with van der Waals surface area (Å²) in [5, 5.41) is 9.24. The maximum absolute atomic E-state index is 12.2. The van der Waals surface area contributed by atoms with Gasteiger partial charge in [-0.25, -0.2) is 13.2 Å². The van der Waals surface area contributed by atoms with Crippen molar-refractivity contribution < 1.29 is 18.3 Å². The van der Waals surface area contributed by atoms with Gasteiger partial charge >= 0.3 is 6.09 Å². The monoisotopic (exact) mass is 416 g/mol. The molecule has 19 heavy (non-hydrogen) atoms. The molecule has 0 spiro atoms. The van der Waals surface area contributed by atoms with E-state index in [2.05, 4.69) is 31.9 Å². The van der Waals surface area contributed by atoms with E-state index < -0.39 is 22.2 Å². The third-order valence-electron chi connectivity index (χ3n) is 3.45. The fraction of sp³-hybridized carbons (Fsp3) is 0.700. The van der Waals surface area contributed by atoms with Gasteiger partial charge in [0.15, 0.2) is 0 Å². The molecule has 9 heteroatoms. The predicted octanol–water partition coefficient (Wildman–Crippen LogP) is 1.77. The summed E-state index contributed by atoms with van der Waals surface area (Å²) >= 11 is 6.41. The molecule has 0 aliphatic carbocycles. The molecule has 3 unspecified atom stereocenters. The largest absolute Gasteiger partial charge is 0.465 e. The molecule has 0 saturated carbocycles. The van der Waals surface area contributed by atoms with Crippen LogP contribution in [0.2, 0.25) is 0 Å². The van der Waals surface area contributed by atoms with Crippen LogP contribution in [0.4, 0.5) is 4.79 Å². The number of piperazine rings is 1. The molecule has 6 nitrogen and oxygen atoms in total. The van der Waals surface area contributed by atoms with E-state index in [4.69, 9.17) is 0 Å². The second-order valence-electron chi connectivity index (χ2n) is 4.64. The molecule has 1 N–H and O–H groups in total. The van der Waals surface area contributed by atoms with Crippen LogP contribution in [0.1, 0.15) is 12.8 Å². The number of carboxylic acid groups (broad SMARTS) is 1. The first-order valence-corrected chi connectivity index (χ1v) is 9.02. The molecule has 0 aromatic rings. The third-order valence-corrected chi connectivity index (χ3v) is 5.91. The summed E-state index contributed by atoms with van der Waals surface area (Å²) in [6.07, 6.45) is 1.77. The Hall–Kier alpha value is -0.120. The summed E-state index contributed by atoms with van der Waals surface area (Å²) in [4.78, 5) is 12.6. The number of fused-ring (bicyclic) bond motifs is 2. The van der Waals surface area contributed by atoms with Gasteiger partial charge in [0.1, 0.15) is 0 Å². The molecule has 2 rings (SSSR count). The van der Waals surface area contributed by atoms with Crippen molar-refractivity contribution in [2.45, 2.75) is 24.9 Å². The number of hydrogen-bond acceptors (Lipinski definition) is 3. The van der Waals surface area contributed by atoms with Gasteiger partial charge in [0.25, 0.3) is 0 Å². The molecule has 2 saturated heterocycles. The Balaban J connectivity index is 2.37. The van der Waals surface area contributed by atoms with Crippen LogP contribution >= 0.6 is 31.9 Å². The first-order valence-electron chi connectivity index (χ1n) is 5.83. The van der Waals surface area contributed by atoms with Crippen molar-refractivity contribution in [3.05, 3.63) is 9.47 Å². The van der Waals surface area contributed by atoms with Gasteiger partial charge in [-0.3, -0.25) is 0 Å². The van der Waals surface area contributed by atoms with E-state index in [9.17, 15) is 18.3 Å². The van der Waals surface area contributed by atoms with Crippen LogP contribution in [-0.4, -0.2) is 59.7 Å². The summed E-state index contributed by atoms with van der Waals surface area (Å²) in [5.41, 5.74) is 0. The second kappa shape index (κ2) is 5.71. The molecule has 2 fully saturated rings. The molecule has 2 heterocycles. The van der Waals surface area contributed by atoms with Crippen LogP contribution in [0.15, 0.2) is 9.47 Å². The smallest absolute Gasteiger partial charge is 0.407 e. The van der Waals surface area contributed by atoms with E-state index in [1.54, 1.807) is 6.08 Å². The number of halogens is 2. The van der Waals surface area contributed by atoms with Crippen LogP contribution in [0.3, 0.4) is 0 Å². The van der Waals surface area contributed by atoms with E-state index in [0.717, 1.165) is 0 Å². The molecule has 3 atom stereocenters. The van der Waals surface area contributed by atoms with Crippen LogP contribution < -0.4 is 0 Å². The maximum Gasteiger partial charge on any atom is 0.407 e. The van der Waals surface area contributed by atoms with E-state index in [-0.39, 0.29) is 24.9 Å². The lowest BCUT2D eigenvalue weighted by atomic mass is 10.1. The summed E-state index contributed by atoms with van der Waals surface area (Å²) in [5.74, 6) is 0.0845.